The lowest BCUT2D eigenvalue weighted by atomic mass is 9.98. The Morgan fingerprint density at radius 2 is 1.57 bits per heavy atom. The summed E-state index contributed by atoms with van der Waals surface area (Å²) in [5.74, 6) is 2.55. The van der Waals surface area contributed by atoms with Crippen LogP contribution >= 0.6 is 0 Å². The van der Waals surface area contributed by atoms with E-state index in [1.807, 2.05) is 37.3 Å². The Bertz CT molecular complexity index is 653. The zero-order chi connectivity index (χ0) is 16.8. The fourth-order valence-corrected chi connectivity index (χ4v) is 2.67. The van der Waals surface area contributed by atoms with Crippen LogP contribution in [0.4, 0.5) is 0 Å². The maximum Gasteiger partial charge on any atom is 0.122 e. The van der Waals surface area contributed by atoms with E-state index in [9.17, 15) is 0 Å². The molecule has 0 saturated heterocycles. The van der Waals surface area contributed by atoms with E-state index in [0.29, 0.717) is 0 Å². The van der Waals surface area contributed by atoms with Crippen LogP contribution in [0.5, 0.6) is 17.2 Å². The average molecular weight is 315 g/mol. The molecule has 1 unspecified atom stereocenters. The van der Waals surface area contributed by atoms with Gasteiger partial charge in [-0.15, -0.1) is 0 Å². The maximum absolute atomic E-state index is 5.92. The molecule has 0 radical (unpaired) electrons. The number of methoxy groups -OCH3 is 3. The Labute approximate surface area is 138 Å². The first-order valence-electron chi connectivity index (χ1n) is 7.69. The number of hydrogen-bond donors (Lipinski definition) is 1. The first kappa shape index (κ1) is 17.2. The molecule has 2 N–H and O–H groups in total. The molecule has 0 fully saturated rings. The molecule has 4 heteroatoms. The number of nitrogens with two attached hydrogens (primary N) is 1. The van der Waals surface area contributed by atoms with Gasteiger partial charge in [-0.3, -0.25) is 0 Å². The Hall–Kier alpha value is -2.20. The average Bonchev–Trinajstić information content (AvgIpc) is 2.55. The van der Waals surface area contributed by atoms with E-state index in [4.69, 9.17) is 19.9 Å². The third-order valence-electron chi connectivity index (χ3n) is 3.75. The highest BCUT2D eigenvalue weighted by Gasteiger charge is 2.13. The van der Waals surface area contributed by atoms with E-state index in [0.717, 1.165) is 46.8 Å². The van der Waals surface area contributed by atoms with Gasteiger partial charge in [0.05, 0.1) is 21.3 Å². The summed E-state index contributed by atoms with van der Waals surface area (Å²) in [5.41, 5.74) is 9.22. The van der Waals surface area contributed by atoms with Crippen LogP contribution in [-0.4, -0.2) is 27.4 Å². The second kappa shape index (κ2) is 7.88. The zero-order valence-electron chi connectivity index (χ0n) is 14.3. The third-order valence-corrected chi connectivity index (χ3v) is 3.75. The quantitative estimate of drug-likeness (QED) is 0.852. The largest absolute Gasteiger partial charge is 0.497 e. The minimum atomic E-state index is 0.0674. The number of rotatable bonds is 7. The highest BCUT2D eigenvalue weighted by atomic mass is 16.5. The molecule has 0 aliphatic carbocycles. The fourth-order valence-electron chi connectivity index (χ4n) is 2.67. The summed E-state index contributed by atoms with van der Waals surface area (Å²) < 4.78 is 16.4. The molecule has 23 heavy (non-hydrogen) atoms. The lowest BCUT2D eigenvalue weighted by molar-refractivity contribution is 0.394. The monoisotopic (exact) mass is 315 g/mol. The van der Waals surface area contributed by atoms with Crippen molar-refractivity contribution in [2.24, 2.45) is 5.73 Å². The molecule has 4 nitrogen and oxygen atoms in total. The van der Waals surface area contributed by atoms with Gasteiger partial charge in [0, 0.05) is 18.0 Å². The van der Waals surface area contributed by atoms with Gasteiger partial charge in [0.25, 0.3) is 0 Å². The molecule has 0 bridgehead atoms. The van der Waals surface area contributed by atoms with Crippen molar-refractivity contribution in [1.82, 2.24) is 0 Å². The smallest absolute Gasteiger partial charge is 0.122 e. The van der Waals surface area contributed by atoms with E-state index < -0.39 is 0 Å². The van der Waals surface area contributed by atoms with Gasteiger partial charge < -0.3 is 19.9 Å². The van der Waals surface area contributed by atoms with Gasteiger partial charge in [0.2, 0.25) is 0 Å². The van der Waals surface area contributed by atoms with Crippen molar-refractivity contribution in [3.63, 3.8) is 0 Å². The number of hydrogen-bond acceptors (Lipinski definition) is 4. The van der Waals surface area contributed by atoms with Gasteiger partial charge in [0.15, 0.2) is 0 Å². The summed E-state index contributed by atoms with van der Waals surface area (Å²) in [5, 5.41) is 0. The van der Waals surface area contributed by atoms with Gasteiger partial charge in [-0.25, -0.2) is 0 Å². The lowest BCUT2D eigenvalue weighted by Gasteiger charge is -2.16. The molecule has 0 heterocycles. The molecule has 2 aromatic carbocycles. The van der Waals surface area contributed by atoms with Crippen LogP contribution in [0.1, 0.15) is 23.6 Å². The first-order valence-corrected chi connectivity index (χ1v) is 7.69. The summed E-state index contributed by atoms with van der Waals surface area (Å²) in [6, 6.07) is 12.2. The normalized spacial score (nSPS) is 11.9. The van der Waals surface area contributed by atoms with E-state index >= 15 is 0 Å². The van der Waals surface area contributed by atoms with Crippen molar-refractivity contribution in [3.05, 3.63) is 53.1 Å². The molecule has 124 valence electrons. The van der Waals surface area contributed by atoms with Gasteiger partial charge >= 0.3 is 0 Å². The van der Waals surface area contributed by atoms with Gasteiger partial charge in [-0.1, -0.05) is 12.1 Å². The summed E-state index contributed by atoms with van der Waals surface area (Å²) in [4.78, 5) is 0. The molecular weight excluding hydrogens is 290 g/mol. The standard InChI is InChI=1S/C19H25NO3/c1-13(20)8-15-11-19(23-4)16(12-18(15)22-3)9-14-6-5-7-17(10-14)21-2/h5-7,10-13H,8-9,20H2,1-4H3. The SMILES string of the molecule is COc1cccc(Cc2cc(OC)c(CC(C)N)cc2OC)c1. The first-order chi connectivity index (χ1) is 11.1. The molecule has 2 aromatic rings. The van der Waals surface area contributed by atoms with Crippen LogP contribution in [0.3, 0.4) is 0 Å². The Morgan fingerprint density at radius 3 is 2.17 bits per heavy atom. The molecule has 0 spiro atoms. The van der Waals surface area contributed by atoms with Crippen molar-refractivity contribution in [3.8, 4) is 17.2 Å². The van der Waals surface area contributed by atoms with Crippen molar-refractivity contribution in [2.45, 2.75) is 25.8 Å². The van der Waals surface area contributed by atoms with Crippen LogP contribution < -0.4 is 19.9 Å². The number of ether oxygens (including phenoxy) is 3. The van der Waals surface area contributed by atoms with Gasteiger partial charge in [-0.2, -0.15) is 0 Å². The minimum absolute atomic E-state index is 0.0674. The fraction of sp³-hybridized carbons (Fsp3) is 0.368. The van der Waals surface area contributed by atoms with Crippen LogP contribution in [0.2, 0.25) is 0 Å². The lowest BCUT2D eigenvalue weighted by Crippen LogP contribution is -2.18. The summed E-state index contributed by atoms with van der Waals surface area (Å²) in [6.45, 7) is 1.98. The molecular formula is C19H25NO3. The predicted octanol–water partition coefficient (Wildman–Crippen LogP) is 3.19. The number of benzene rings is 2. The van der Waals surface area contributed by atoms with Gasteiger partial charge in [0.1, 0.15) is 17.2 Å². The van der Waals surface area contributed by atoms with Crippen molar-refractivity contribution in [2.75, 3.05) is 21.3 Å². The maximum atomic E-state index is 5.92. The van der Waals surface area contributed by atoms with Crippen molar-refractivity contribution in [1.29, 1.82) is 0 Å². The summed E-state index contributed by atoms with van der Waals surface area (Å²) in [6.07, 6.45) is 1.49. The zero-order valence-corrected chi connectivity index (χ0v) is 14.3. The Kier molecular flexibility index (Phi) is 5.88. The predicted molar refractivity (Wildman–Crippen MR) is 92.7 cm³/mol. The highest BCUT2D eigenvalue weighted by Crippen LogP contribution is 2.31. The molecule has 0 aromatic heterocycles. The van der Waals surface area contributed by atoms with Crippen molar-refractivity contribution < 1.29 is 14.2 Å². The van der Waals surface area contributed by atoms with Crippen LogP contribution in [0.15, 0.2) is 36.4 Å². The minimum Gasteiger partial charge on any atom is -0.497 e. The van der Waals surface area contributed by atoms with E-state index in [-0.39, 0.29) is 6.04 Å². The third kappa shape index (κ3) is 4.39. The van der Waals surface area contributed by atoms with E-state index in [1.165, 1.54) is 0 Å². The van der Waals surface area contributed by atoms with Crippen LogP contribution in [-0.2, 0) is 12.8 Å². The molecule has 0 saturated carbocycles. The highest BCUT2D eigenvalue weighted by molar-refractivity contribution is 5.49. The Morgan fingerprint density at radius 1 is 0.913 bits per heavy atom. The summed E-state index contributed by atoms with van der Waals surface area (Å²) in [7, 11) is 5.04. The second-order valence-electron chi connectivity index (χ2n) is 5.69. The molecule has 2 rings (SSSR count). The van der Waals surface area contributed by atoms with Crippen molar-refractivity contribution >= 4 is 0 Å². The summed E-state index contributed by atoms with van der Waals surface area (Å²) >= 11 is 0. The molecule has 0 aliphatic rings. The second-order valence-corrected chi connectivity index (χ2v) is 5.69. The van der Waals surface area contributed by atoms with Gasteiger partial charge in [-0.05, 0) is 48.7 Å². The van der Waals surface area contributed by atoms with E-state index in [2.05, 4.69) is 6.07 Å². The topological polar surface area (TPSA) is 53.7 Å². The van der Waals surface area contributed by atoms with Crippen LogP contribution in [0, 0.1) is 0 Å². The molecule has 0 amide bonds. The van der Waals surface area contributed by atoms with E-state index in [1.54, 1.807) is 21.3 Å². The molecule has 1 atom stereocenters. The van der Waals surface area contributed by atoms with Crippen LogP contribution in [0.25, 0.3) is 0 Å². The molecule has 0 aliphatic heterocycles. The Balaban J connectivity index is 2.36.